The van der Waals surface area contributed by atoms with E-state index in [1.165, 1.54) is 6.42 Å². The van der Waals surface area contributed by atoms with Gasteiger partial charge in [-0.2, -0.15) is 0 Å². The van der Waals surface area contributed by atoms with Gasteiger partial charge in [-0.05, 0) is 30.5 Å². The molecule has 3 nitrogen and oxygen atoms in total. The third kappa shape index (κ3) is 2.08. The van der Waals surface area contributed by atoms with E-state index < -0.39 is 0 Å². The van der Waals surface area contributed by atoms with Crippen molar-refractivity contribution in [1.29, 1.82) is 0 Å². The zero-order valence-electron chi connectivity index (χ0n) is 7.78. The minimum Gasteiger partial charge on any atom is -0.349 e. The Hall–Kier alpha value is -0.420. The van der Waals surface area contributed by atoms with Crippen LogP contribution in [0.25, 0.3) is 0 Å². The maximum Gasteiger partial charge on any atom is 0.206 e. The standard InChI is InChI=1S/C8H13N3S2/c1-5-3-6(5)4-11(2)7-9-10-8(12)13-7/h5-6H,3-4H2,1-2H3,(H,10,12). The molecule has 1 aliphatic carbocycles. The molecule has 1 aromatic heterocycles. The van der Waals surface area contributed by atoms with Gasteiger partial charge in [0.25, 0.3) is 0 Å². The fourth-order valence-corrected chi connectivity index (χ4v) is 2.32. The lowest BCUT2D eigenvalue weighted by molar-refractivity contribution is 0.721. The van der Waals surface area contributed by atoms with E-state index in [-0.39, 0.29) is 0 Å². The summed E-state index contributed by atoms with van der Waals surface area (Å²) in [6.07, 6.45) is 1.36. The number of rotatable bonds is 3. The Morgan fingerprint density at radius 1 is 1.77 bits per heavy atom. The van der Waals surface area contributed by atoms with E-state index >= 15 is 0 Å². The Bertz CT molecular complexity index is 343. The van der Waals surface area contributed by atoms with E-state index in [9.17, 15) is 0 Å². The first kappa shape index (κ1) is 9.15. The van der Waals surface area contributed by atoms with Crippen molar-refractivity contribution in [1.82, 2.24) is 10.2 Å². The lowest BCUT2D eigenvalue weighted by Crippen LogP contribution is -2.20. The molecule has 1 saturated carbocycles. The molecule has 2 unspecified atom stereocenters. The summed E-state index contributed by atoms with van der Waals surface area (Å²) in [5, 5.41) is 7.94. The Morgan fingerprint density at radius 3 is 2.92 bits per heavy atom. The topological polar surface area (TPSA) is 31.9 Å². The normalized spacial score (nSPS) is 26.0. The van der Waals surface area contributed by atoms with Crippen molar-refractivity contribution in [2.75, 3.05) is 18.5 Å². The summed E-state index contributed by atoms with van der Waals surface area (Å²) in [5.41, 5.74) is 0. The highest BCUT2D eigenvalue weighted by Gasteiger charge is 2.33. The minimum atomic E-state index is 0.755. The predicted molar refractivity (Wildman–Crippen MR) is 57.8 cm³/mol. The van der Waals surface area contributed by atoms with Crippen LogP contribution in [0.3, 0.4) is 0 Å². The summed E-state index contributed by atoms with van der Waals surface area (Å²) in [7, 11) is 2.08. The van der Waals surface area contributed by atoms with Crippen LogP contribution in [0.2, 0.25) is 0 Å². The number of anilines is 1. The highest BCUT2D eigenvalue weighted by atomic mass is 32.1. The van der Waals surface area contributed by atoms with Crippen LogP contribution < -0.4 is 4.90 Å². The second-order valence-corrected chi connectivity index (χ2v) is 5.39. The zero-order valence-corrected chi connectivity index (χ0v) is 9.41. The molecule has 0 amide bonds. The highest BCUT2D eigenvalue weighted by Crippen LogP contribution is 2.38. The number of aromatic amines is 1. The van der Waals surface area contributed by atoms with Gasteiger partial charge in [-0.25, -0.2) is 0 Å². The predicted octanol–water partition coefficient (Wildman–Crippen LogP) is 2.29. The van der Waals surface area contributed by atoms with Gasteiger partial charge in [0.2, 0.25) is 5.13 Å². The molecule has 72 valence electrons. The van der Waals surface area contributed by atoms with Crippen molar-refractivity contribution >= 4 is 28.7 Å². The minimum absolute atomic E-state index is 0.755. The van der Waals surface area contributed by atoms with E-state index in [1.54, 1.807) is 11.3 Å². The fraction of sp³-hybridized carbons (Fsp3) is 0.750. The molecule has 5 heteroatoms. The quantitative estimate of drug-likeness (QED) is 0.785. The first-order valence-corrected chi connectivity index (χ1v) is 5.66. The molecule has 1 aromatic rings. The second kappa shape index (κ2) is 3.38. The second-order valence-electron chi connectivity index (χ2n) is 3.75. The van der Waals surface area contributed by atoms with Crippen LogP contribution in [0.1, 0.15) is 13.3 Å². The summed E-state index contributed by atoms with van der Waals surface area (Å²) in [4.78, 5) is 2.19. The lowest BCUT2D eigenvalue weighted by atomic mass is 10.3. The molecular weight excluding hydrogens is 202 g/mol. The molecule has 1 heterocycles. The SMILES string of the molecule is CC1CC1CN(C)c1n[nH]c(=S)s1. The zero-order chi connectivity index (χ0) is 9.42. The third-order valence-electron chi connectivity index (χ3n) is 2.54. The van der Waals surface area contributed by atoms with E-state index in [1.807, 2.05) is 0 Å². The number of hydrogen-bond donors (Lipinski definition) is 1. The molecule has 13 heavy (non-hydrogen) atoms. The Labute approximate surface area is 86.8 Å². The fourth-order valence-electron chi connectivity index (χ4n) is 1.47. The van der Waals surface area contributed by atoms with E-state index in [0.717, 1.165) is 27.5 Å². The molecule has 2 atom stereocenters. The average Bonchev–Trinajstić information content (AvgIpc) is 2.62. The summed E-state index contributed by atoms with van der Waals surface area (Å²) >= 11 is 6.52. The maximum absolute atomic E-state index is 4.98. The van der Waals surface area contributed by atoms with Crippen LogP contribution in [-0.4, -0.2) is 23.8 Å². The first-order chi connectivity index (χ1) is 6.16. The molecule has 2 rings (SSSR count). The van der Waals surface area contributed by atoms with Crippen LogP contribution in [0, 0.1) is 15.8 Å². The monoisotopic (exact) mass is 215 g/mol. The highest BCUT2D eigenvalue weighted by molar-refractivity contribution is 7.73. The van der Waals surface area contributed by atoms with Gasteiger partial charge >= 0.3 is 0 Å². The van der Waals surface area contributed by atoms with Gasteiger partial charge in [0, 0.05) is 13.6 Å². The number of hydrogen-bond acceptors (Lipinski definition) is 4. The van der Waals surface area contributed by atoms with Gasteiger partial charge in [-0.3, -0.25) is 5.10 Å². The molecule has 0 aliphatic heterocycles. The van der Waals surface area contributed by atoms with Crippen molar-refractivity contribution in [3.63, 3.8) is 0 Å². The molecule has 0 saturated heterocycles. The third-order valence-corrected chi connectivity index (χ3v) is 3.74. The summed E-state index contributed by atoms with van der Waals surface area (Å²) < 4.78 is 0.755. The molecular formula is C8H13N3S2. The summed E-state index contributed by atoms with van der Waals surface area (Å²) in [5.74, 6) is 1.76. The molecule has 1 N–H and O–H groups in total. The van der Waals surface area contributed by atoms with Crippen LogP contribution in [-0.2, 0) is 0 Å². The van der Waals surface area contributed by atoms with Crippen LogP contribution >= 0.6 is 23.6 Å². The number of H-pyrrole nitrogens is 1. The van der Waals surface area contributed by atoms with Gasteiger partial charge in [-0.1, -0.05) is 18.3 Å². The van der Waals surface area contributed by atoms with E-state index in [4.69, 9.17) is 12.2 Å². The van der Waals surface area contributed by atoms with Gasteiger partial charge in [0.1, 0.15) is 0 Å². The number of nitrogens with one attached hydrogen (secondary N) is 1. The molecule has 0 bridgehead atoms. The largest absolute Gasteiger partial charge is 0.349 e. The maximum atomic E-state index is 4.98. The molecule has 1 aliphatic rings. The van der Waals surface area contributed by atoms with Gasteiger partial charge in [-0.15, -0.1) is 5.10 Å². The average molecular weight is 215 g/mol. The molecule has 1 fully saturated rings. The lowest BCUT2D eigenvalue weighted by Gasteiger charge is -2.13. The number of nitrogens with zero attached hydrogens (tertiary/aromatic N) is 2. The molecule has 0 aromatic carbocycles. The molecule has 0 spiro atoms. The Kier molecular flexibility index (Phi) is 2.38. The van der Waals surface area contributed by atoms with Crippen LogP contribution in [0.5, 0.6) is 0 Å². The van der Waals surface area contributed by atoms with Crippen molar-refractivity contribution < 1.29 is 0 Å². The smallest absolute Gasteiger partial charge is 0.206 e. The van der Waals surface area contributed by atoms with Crippen molar-refractivity contribution in [2.45, 2.75) is 13.3 Å². The van der Waals surface area contributed by atoms with E-state index in [2.05, 4.69) is 29.1 Å². The van der Waals surface area contributed by atoms with Gasteiger partial charge in [0.15, 0.2) is 3.95 Å². The van der Waals surface area contributed by atoms with Gasteiger partial charge < -0.3 is 4.90 Å². The van der Waals surface area contributed by atoms with E-state index in [0.29, 0.717) is 0 Å². The van der Waals surface area contributed by atoms with Crippen molar-refractivity contribution in [2.24, 2.45) is 11.8 Å². The first-order valence-electron chi connectivity index (χ1n) is 4.43. The summed E-state index contributed by atoms with van der Waals surface area (Å²) in [6, 6.07) is 0. The number of aromatic nitrogens is 2. The van der Waals surface area contributed by atoms with Crippen LogP contribution in [0.4, 0.5) is 5.13 Å². The van der Waals surface area contributed by atoms with Gasteiger partial charge in [0.05, 0.1) is 0 Å². The summed E-state index contributed by atoms with van der Waals surface area (Å²) in [6.45, 7) is 3.41. The van der Waals surface area contributed by atoms with Crippen molar-refractivity contribution in [3.05, 3.63) is 3.95 Å². The Morgan fingerprint density at radius 2 is 2.46 bits per heavy atom. The molecule has 0 radical (unpaired) electrons. The Balaban J connectivity index is 1.97. The van der Waals surface area contributed by atoms with Crippen molar-refractivity contribution in [3.8, 4) is 0 Å². The van der Waals surface area contributed by atoms with Crippen LogP contribution in [0.15, 0.2) is 0 Å².